The van der Waals surface area contributed by atoms with Gasteiger partial charge in [-0.25, -0.2) is 9.97 Å². The highest BCUT2D eigenvalue weighted by Gasteiger charge is 2.38. The topological polar surface area (TPSA) is 59.2 Å². The summed E-state index contributed by atoms with van der Waals surface area (Å²) in [6.45, 7) is 2.77. The molecule has 1 unspecified atom stereocenters. The van der Waals surface area contributed by atoms with Crippen LogP contribution in [0.1, 0.15) is 64.6 Å². The Bertz CT molecular complexity index is 674. The van der Waals surface area contributed by atoms with Crippen LogP contribution in [0, 0.1) is 6.92 Å². The number of likely N-dealkylation sites (tertiary alicyclic amines) is 1. The predicted octanol–water partition coefficient (Wildman–Crippen LogP) is 3.29. The first-order valence-electron chi connectivity index (χ1n) is 7.40. The van der Waals surface area contributed by atoms with Crippen molar-refractivity contribution in [3.8, 4) is 0 Å². The molecule has 2 aromatic heterocycles. The molecule has 1 amide bonds. The molecule has 1 atom stereocenters. The summed E-state index contributed by atoms with van der Waals surface area (Å²) in [5.41, 5.74) is 1.52. The van der Waals surface area contributed by atoms with Crippen LogP contribution in [0.15, 0.2) is 16.2 Å². The summed E-state index contributed by atoms with van der Waals surface area (Å²) >= 11 is 1.64. The number of hydrogen-bond donors (Lipinski definition) is 0. The summed E-state index contributed by atoms with van der Waals surface area (Å²) in [5.74, 6) is 1.17. The minimum Gasteiger partial charge on any atom is -0.447 e. The van der Waals surface area contributed by atoms with E-state index in [1.807, 2.05) is 11.8 Å². The number of carbonyl (C=O) groups is 1. The average molecular weight is 303 g/mol. The molecule has 0 bridgehead atoms. The summed E-state index contributed by atoms with van der Waals surface area (Å²) in [7, 11) is 0. The highest BCUT2D eigenvalue weighted by Crippen LogP contribution is 2.42. The molecule has 0 spiro atoms. The van der Waals surface area contributed by atoms with E-state index >= 15 is 0 Å². The lowest BCUT2D eigenvalue weighted by Gasteiger charge is -2.22. The van der Waals surface area contributed by atoms with Crippen molar-refractivity contribution in [2.24, 2.45) is 0 Å². The fourth-order valence-corrected chi connectivity index (χ4v) is 3.70. The van der Waals surface area contributed by atoms with Crippen LogP contribution in [-0.2, 0) is 0 Å². The van der Waals surface area contributed by atoms with Crippen LogP contribution in [0.4, 0.5) is 0 Å². The third-order valence-corrected chi connectivity index (χ3v) is 5.03. The minimum atomic E-state index is -0.00111. The fraction of sp³-hybridized carbons (Fsp3) is 0.533. The first-order chi connectivity index (χ1) is 10.2. The molecule has 1 saturated carbocycles. The minimum absolute atomic E-state index is 0.00111. The molecule has 0 N–H and O–H groups in total. The van der Waals surface area contributed by atoms with Crippen molar-refractivity contribution in [2.75, 3.05) is 6.54 Å². The van der Waals surface area contributed by atoms with Crippen LogP contribution < -0.4 is 0 Å². The molecule has 1 aliphatic heterocycles. The molecule has 1 aliphatic carbocycles. The van der Waals surface area contributed by atoms with E-state index in [0.29, 0.717) is 11.6 Å². The Hall–Kier alpha value is -1.69. The van der Waals surface area contributed by atoms with Gasteiger partial charge in [-0.2, -0.15) is 0 Å². The van der Waals surface area contributed by atoms with Gasteiger partial charge in [0.15, 0.2) is 12.1 Å². The second-order valence-electron chi connectivity index (χ2n) is 5.79. The number of hydrogen-bond acceptors (Lipinski definition) is 5. The van der Waals surface area contributed by atoms with E-state index < -0.39 is 0 Å². The predicted molar refractivity (Wildman–Crippen MR) is 78.3 cm³/mol. The Morgan fingerprint density at radius 2 is 2.29 bits per heavy atom. The molecule has 1 saturated heterocycles. The summed E-state index contributed by atoms with van der Waals surface area (Å²) in [4.78, 5) is 23.5. The van der Waals surface area contributed by atoms with Gasteiger partial charge in [-0.05, 0) is 32.6 Å². The van der Waals surface area contributed by atoms with Gasteiger partial charge in [0.1, 0.15) is 5.76 Å². The number of aromatic nitrogens is 2. The lowest BCUT2D eigenvalue weighted by atomic mass is 10.1. The molecule has 2 fully saturated rings. The van der Waals surface area contributed by atoms with Gasteiger partial charge in [0.05, 0.1) is 16.7 Å². The Labute approximate surface area is 127 Å². The number of amides is 1. The zero-order valence-corrected chi connectivity index (χ0v) is 12.7. The van der Waals surface area contributed by atoms with Crippen molar-refractivity contribution in [1.29, 1.82) is 0 Å². The van der Waals surface area contributed by atoms with Gasteiger partial charge in [-0.15, -0.1) is 11.3 Å². The molecule has 3 heterocycles. The molecule has 21 heavy (non-hydrogen) atoms. The van der Waals surface area contributed by atoms with Gasteiger partial charge in [0.2, 0.25) is 0 Å². The van der Waals surface area contributed by atoms with Crippen LogP contribution in [-0.4, -0.2) is 27.3 Å². The maximum absolute atomic E-state index is 12.8. The lowest BCUT2D eigenvalue weighted by molar-refractivity contribution is 0.0725. The molecule has 0 aromatic carbocycles. The molecule has 6 heteroatoms. The van der Waals surface area contributed by atoms with E-state index in [4.69, 9.17) is 4.42 Å². The molecular formula is C15H17N3O2S. The van der Waals surface area contributed by atoms with Crippen molar-refractivity contribution >= 4 is 17.2 Å². The number of rotatable bonds is 3. The third kappa shape index (κ3) is 2.27. The van der Waals surface area contributed by atoms with E-state index in [1.165, 1.54) is 6.39 Å². The number of thiazole rings is 1. The van der Waals surface area contributed by atoms with Crippen LogP contribution in [0.3, 0.4) is 0 Å². The fourth-order valence-electron chi connectivity index (χ4n) is 3.04. The van der Waals surface area contributed by atoms with Gasteiger partial charge in [-0.3, -0.25) is 4.79 Å². The zero-order chi connectivity index (χ0) is 14.4. The third-order valence-electron chi connectivity index (χ3n) is 4.24. The van der Waals surface area contributed by atoms with Gasteiger partial charge in [0.25, 0.3) is 5.91 Å². The van der Waals surface area contributed by atoms with Gasteiger partial charge in [0, 0.05) is 17.8 Å². The van der Waals surface area contributed by atoms with Gasteiger partial charge < -0.3 is 9.32 Å². The molecular weight excluding hydrogens is 286 g/mol. The van der Waals surface area contributed by atoms with Crippen molar-refractivity contribution in [3.05, 3.63) is 33.9 Å². The Kier molecular flexibility index (Phi) is 3.06. The summed E-state index contributed by atoms with van der Waals surface area (Å²) in [6.07, 6.45) is 5.60. The first-order valence-corrected chi connectivity index (χ1v) is 8.28. The number of carbonyl (C=O) groups excluding carboxylic acids is 1. The standard InChI is InChI=1S/C15H17N3O2S/c1-9-17-11(7-21-9)12-3-2-6-18(12)15(19)13-14(10-4-5-10)20-8-16-13/h7-8,10,12H,2-6H2,1H3. The molecule has 110 valence electrons. The summed E-state index contributed by atoms with van der Waals surface area (Å²) < 4.78 is 5.44. The normalized spacial score (nSPS) is 22.0. The number of oxazole rings is 1. The van der Waals surface area contributed by atoms with E-state index in [2.05, 4.69) is 15.3 Å². The molecule has 0 radical (unpaired) electrons. The Balaban J connectivity index is 1.62. The van der Waals surface area contributed by atoms with Crippen LogP contribution in [0.2, 0.25) is 0 Å². The van der Waals surface area contributed by atoms with Crippen molar-refractivity contribution in [2.45, 2.75) is 44.6 Å². The SMILES string of the molecule is Cc1nc(C2CCCN2C(=O)c2ncoc2C2CC2)cs1. The largest absolute Gasteiger partial charge is 0.447 e. The van der Waals surface area contributed by atoms with E-state index in [-0.39, 0.29) is 11.9 Å². The Morgan fingerprint density at radius 1 is 1.43 bits per heavy atom. The maximum Gasteiger partial charge on any atom is 0.276 e. The van der Waals surface area contributed by atoms with Crippen LogP contribution in [0.25, 0.3) is 0 Å². The Morgan fingerprint density at radius 3 is 3.00 bits per heavy atom. The average Bonchev–Trinajstić information content (AvgIpc) is 2.94. The summed E-state index contributed by atoms with van der Waals surface area (Å²) in [5, 5.41) is 3.11. The van der Waals surface area contributed by atoms with Crippen molar-refractivity contribution < 1.29 is 9.21 Å². The summed E-state index contributed by atoms with van der Waals surface area (Å²) in [6, 6.07) is 0.0891. The van der Waals surface area contributed by atoms with Crippen LogP contribution >= 0.6 is 11.3 Å². The molecule has 2 aromatic rings. The second-order valence-corrected chi connectivity index (χ2v) is 6.85. The van der Waals surface area contributed by atoms with Crippen molar-refractivity contribution in [3.63, 3.8) is 0 Å². The molecule has 2 aliphatic rings. The lowest BCUT2D eigenvalue weighted by Crippen LogP contribution is -2.31. The smallest absolute Gasteiger partial charge is 0.276 e. The molecule has 5 nitrogen and oxygen atoms in total. The maximum atomic E-state index is 12.8. The monoisotopic (exact) mass is 303 g/mol. The van der Waals surface area contributed by atoms with E-state index in [9.17, 15) is 4.79 Å². The highest BCUT2D eigenvalue weighted by molar-refractivity contribution is 7.09. The van der Waals surface area contributed by atoms with Crippen molar-refractivity contribution in [1.82, 2.24) is 14.9 Å². The second kappa shape index (κ2) is 4.94. The van der Waals surface area contributed by atoms with E-state index in [0.717, 1.165) is 48.7 Å². The van der Waals surface area contributed by atoms with Gasteiger partial charge >= 0.3 is 0 Å². The molecule has 4 rings (SSSR count). The van der Waals surface area contributed by atoms with Gasteiger partial charge in [-0.1, -0.05) is 0 Å². The number of aryl methyl sites for hydroxylation is 1. The van der Waals surface area contributed by atoms with Crippen LogP contribution in [0.5, 0.6) is 0 Å². The zero-order valence-electron chi connectivity index (χ0n) is 11.9. The van der Waals surface area contributed by atoms with E-state index in [1.54, 1.807) is 11.3 Å². The highest BCUT2D eigenvalue weighted by atomic mass is 32.1. The quantitative estimate of drug-likeness (QED) is 0.873. The number of nitrogens with zero attached hydrogens (tertiary/aromatic N) is 3. The first kappa shape index (κ1) is 13.0.